The molecule has 2 fully saturated rings. The molecule has 1 saturated carbocycles. The molecule has 1 N–H and O–H groups in total. The maximum absolute atomic E-state index is 13.8. The summed E-state index contributed by atoms with van der Waals surface area (Å²) in [6.45, 7) is 4.94. The number of aliphatic hydroxyl groups excluding tert-OH is 1. The third-order valence-corrected chi connectivity index (χ3v) is 5.12. The Hall–Kier alpha value is -1.13. The van der Waals surface area contributed by atoms with Gasteiger partial charge < -0.3 is 10.0 Å². The molecule has 116 valence electrons. The van der Waals surface area contributed by atoms with Crippen LogP contribution in [0.4, 0.5) is 10.1 Å². The Kier molecular flexibility index (Phi) is 4.45. The van der Waals surface area contributed by atoms with E-state index in [4.69, 9.17) is 0 Å². The zero-order chi connectivity index (χ0) is 14.7. The van der Waals surface area contributed by atoms with Crippen LogP contribution in [0.3, 0.4) is 0 Å². The van der Waals surface area contributed by atoms with Crippen LogP contribution in [-0.2, 0) is 0 Å². The van der Waals surface area contributed by atoms with Crippen molar-refractivity contribution in [3.63, 3.8) is 0 Å². The number of benzene rings is 1. The van der Waals surface area contributed by atoms with E-state index in [0.29, 0.717) is 6.61 Å². The number of aliphatic hydroxyl groups is 1. The van der Waals surface area contributed by atoms with Crippen LogP contribution in [0, 0.1) is 11.2 Å². The summed E-state index contributed by atoms with van der Waals surface area (Å²) in [6.07, 6.45) is 4.79. The number of rotatable bonds is 4. The van der Waals surface area contributed by atoms with Crippen LogP contribution in [0.2, 0.25) is 0 Å². The molecule has 1 aliphatic heterocycles. The lowest BCUT2D eigenvalue weighted by Crippen LogP contribution is -2.50. The van der Waals surface area contributed by atoms with Gasteiger partial charge in [-0.05, 0) is 25.0 Å². The van der Waals surface area contributed by atoms with Crippen molar-refractivity contribution in [2.45, 2.75) is 25.7 Å². The van der Waals surface area contributed by atoms with E-state index in [-0.39, 0.29) is 11.2 Å². The van der Waals surface area contributed by atoms with Gasteiger partial charge in [-0.2, -0.15) is 0 Å². The molecule has 0 atom stereocenters. The highest BCUT2D eigenvalue weighted by atomic mass is 19.1. The molecule has 2 aliphatic rings. The molecule has 3 nitrogen and oxygen atoms in total. The van der Waals surface area contributed by atoms with E-state index in [1.807, 2.05) is 12.1 Å². The van der Waals surface area contributed by atoms with Crippen LogP contribution in [0.1, 0.15) is 25.7 Å². The highest BCUT2D eigenvalue weighted by Gasteiger charge is 2.35. The average Bonchev–Trinajstić information content (AvgIpc) is 2.98. The van der Waals surface area contributed by atoms with Crippen molar-refractivity contribution in [3.05, 3.63) is 30.1 Å². The second kappa shape index (κ2) is 6.32. The molecule has 0 amide bonds. The molecule has 1 aromatic rings. The standard InChI is InChI=1S/C17H25FN2O/c18-15-5-1-2-6-16(15)20-11-9-19(10-12-20)13-17(14-21)7-3-4-8-17/h1-2,5-6,21H,3-4,7-14H2. The summed E-state index contributed by atoms with van der Waals surface area (Å²) < 4.78 is 13.8. The molecule has 0 unspecified atom stereocenters. The van der Waals surface area contributed by atoms with Crippen LogP contribution >= 0.6 is 0 Å². The van der Waals surface area contributed by atoms with Crippen LogP contribution in [0.15, 0.2) is 24.3 Å². The minimum Gasteiger partial charge on any atom is -0.396 e. The molecule has 0 aromatic heterocycles. The van der Waals surface area contributed by atoms with Crippen molar-refractivity contribution < 1.29 is 9.50 Å². The molecule has 0 bridgehead atoms. The first-order valence-corrected chi connectivity index (χ1v) is 8.05. The molecule has 1 aliphatic carbocycles. The zero-order valence-corrected chi connectivity index (χ0v) is 12.6. The smallest absolute Gasteiger partial charge is 0.146 e. The quantitative estimate of drug-likeness (QED) is 0.923. The normalized spacial score (nSPS) is 22.7. The summed E-state index contributed by atoms with van der Waals surface area (Å²) in [4.78, 5) is 4.57. The molecule has 0 radical (unpaired) electrons. The molecule has 1 saturated heterocycles. The first-order valence-electron chi connectivity index (χ1n) is 8.05. The van der Waals surface area contributed by atoms with Gasteiger partial charge >= 0.3 is 0 Å². The minimum atomic E-state index is -0.131. The summed E-state index contributed by atoms with van der Waals surface area (Å²) >= 11 is 0. The predicted molar refractivity (Wildman–Crippen MR) is 83.0 cm³/mol. The second-order valence-corrected chi connectivity index (χ2v) is 6.58. The third-order valence-electron chi connectivity index (χ3n) is 5.12. The van der Waals surface area contributed by atoms with Gasteiger partial charge in [0.1, 0.15) is 5.82 Å². The fourth-order valence-electron chi connectivity index (χ4n) is 3.82. The number of para-hydroxylation sites is 1. The van der Waals surface area contributed by atoms with Gasteiger partial charge in [0.25, 0.3) is 0 Å². The number of halogens is 1. The summed E-state index contributed by atoms with van der Waals surface area (Å²) in [6, 6.07) is 7.02. The Labute approximate surface area is 126 Å². The number of anilines is 1. The van der Waals surface area contributed by atoms with Gasteiger partial charge in [-0.1, -0.05) is 25.0 Å². The molecular weight excluding hydrogens is 267 g/mol. The molecular formula is C17H25FN2O. The summed E-state index contributed by atoms with van der Waals surface area (Å²) in [7, 11) is 0. The Morgan fingerprint density at radius 1 is 1.05 bits per heavy atom. The van der Waals surface area contributed by atoms with E-state index in [0.717, 1.165) is 51.3 Å². The Morgan fingerprint density at radius 2 is 1.71 bits per heavy atom. The lowest BCUT2D eigenvalue weighted by atomic mass is 9.86. The number of hydrogen-bond donors (Lipinski definition) is 1. The Bertz CT molecular complexity index is 466. The average molecular weight is 292 g/mol. The van der Waals surface area contributed by atoms with Crippen LogP contribution in [-0.4, -0.2) is 49.3 Å². The fourth-order valence-corrected chi connectivity index (χ4v) is 3.82. The Balaban J connectivity index is 1.57. The molecule has 21 heavy (non-hydrogen) atoms. The van der Waals surface area contributed by atoms with Crippen molar-refractivity contribution >= 4 is 5.69 Å². The van der Waals surface area contributed by atoms with Crippen LogP contribution < -0.4 is 4.90 Å². The van der Waals surface area contributed by atoms with E-state index in [1.54, 1.807) is 6.07 Å². The summed E-state index contributed by atoms with van der Waals surface area (Å²) in [5.41, 5.74) is 0.843. The monoisotopic (exact) mass is 292 g/mol. The van der Waals surface area contributed by atoms with Gasteiger partial charge in [0.2, 0.25) is 0 Å². The van der Waals surface area contributed by atoms with E-state index in [2.05, 4.69) is 9.80 Å². The van der Waals surface area contributed by atoms with Gasteiger partial charge in [0.05, 0.1) is 5.69 Å². The zero-order valence-electron chi connectivity index (χ0n) is 12.6. The van der Waals surface area contributed by atoms with E-state index in [9.17, 15) is 9.50 Å². The largest absolute Gasteiger partial charge is 0.396 e. The molecule has 3 rings (SSSR count). The highest BCUT2D eigenvalue weighted by Crippen LogP contribution is 2.38. The van der Waals surface area contributed by atoms with Crippen molar-refractivity contribution in [2.75, 3.05) is 44.2 Å². The van der Waals surface area contributed by atoms with E-state index >= 15 is 0 Å². The van der Waals surface area contributed by atoms with Crippen LogP contribution in [0.25, 0.3) is 0 Å². The van der Waals surface area contributed by atoms with Crippen LogP contribution in [0.5, 0.6) is 0 Å². The van der Waals surface area contributed by atoms with Gasteiger partial charge in [0.15, 0.2) is 0 Å². The van der Waals surface area contributed by atoms with Crippen molar-refractivity contribution in [1.82, 2.24) is 4.90 Å². The minimum absolute atomic E-state index is 0.125. The summed E-state index contributed by atoms with van der Waals surface area (Å²) in [5.74, 6) is -0.131. The van der Waals surface area contributed by atoms with E-state index < -0.39 is 0 Å². The lowest BCUT2D eigenvalue weighted by Gasteiger charge is -2.40. The molecule has 0 spiro atoms. The summed E-state index contributed by atoms with van der Waals surface area (Å²) in [5, 5.41) is 9.73. The third kappa shape index (κ3) is 3.22. The maximum Gasteiger partial charge on any atom is 0.146 e. The number of nitrogens with zero attached hydrogens (tertiary/aromatic N) is 2. The molecule has 1 heterocycles. The van der Waals surface area contributed by atoms with Gasteiger partial charge in [-0.25, -0.2) is 4.39 Å². The molecule has 1 aromatic carbocycles. The first-order chi connectivity index (χ1) is 10.2. The van der Waals surface area contributed by atoms with Gasteiger partial charge in [-0.15, -0.1) is 0 Å². The topological polar surface area (TPSA) is 26.7 Å². The molecule has 4 heteroatoms. The van der Waals surface area contributed by atoms with Crippen molar-refractivity contribution in [1.29, 1.82) is 0 Å². The lowest BCUT2D eigenvalue weighted by molar-refractivity contribution is 0.0756. The SMILES string of the molecule is OCC1(CN2CCN(c3ccccc3F)CC2)CCCC1. The Morgan fingerprint density at radius 3 is 2.33 bits per heavy atom. The van der Waals surface area contributed by atoms with Gasteiger partial charge in [-0.3, -0.25) is 4.90 Å². The van der Waals surface area contributed by atoms with E-state index in [1.165, 1.54) is 18.9 Å². The highest BCUT2D eigenvalue weighted by molar-refractivity contribution is 5.47. The predicted octanol–water partition coefficient (Wildman–Crippen LogP) is 2.50. The fraction of sp³-hybridized carbons (Fsp3) is 0.647. The van der Waals surface area contributed by atoms with Crippen molar-refractivity contribution in [2.24, 2.45) is 5.41 Å². The second-order valence-electron chi connectivity index (χ2n) is 6.58. The first kappa shape index (κ1) is 14.8. The van der Waals surface area contributed by atoms with Gasteiger partial charge in [0, 0.05) is 44.7 Å². The number of hydrogen-bond acceptors (Lipinski definition) is 3. The van der Waals surface area contributed by atoms with Crippen molar-refractivity contribution in [3.8, 4) is 0 Å². The maximum atomic E-state index is 13.8. The number of piperazine rings is 1.